The summed E-state index contributed by atoms with van der Waals surface area (Å²) in [5.74, 6) is 1.95. The summed E-state index contributed by atoms with van der Waals surface area (Å²) in [6.45, 7) is 8.23. The smallest absolute Gasteiger partial charge is 0.248 e. The van der Waals surface area contributed by atoms with E-state index in [9.17, 15) is 0 Å². The highest BCUT2D eigenvalue weighted by Crippen LogP contribution is 2.22. The van der Waals surface area contributed by atoms with Gasteiger partial charge in [-0.3, -0.25) is 10.9 Å². The highest BCUT2D eigenvalue weighted by molar-refractivity contribution is 7.80. The van der Waals surface area contributed by atoms with Gasteiger partial charge >= 0.3 is 0 Å². The third kappa shape index (κ3) is 4.22. The van der Waals surface area contributed by atoms with E-state index in [4.69, 9.17) is 12.2 Å². The van der Waals surface area contributed by atoms with E-state index in [0.717, 1.165) is 38.1 Å². The number of aromatic nitrogens is 3. The van der Waals surface area contributed by atoms with E-state index in [1.165, 1.54) is 25.7 Å². The van der Waals surface area contributed by atoms with Gasteiger partial charge in [0.05, 0.1) is 0 Å². The minimum atomic E-state index is 0.473. The first-order valence-corrected chi connectivity index (χ1v) is 8.84. The molecule has 0 bridgehead atoms. The quantitative estimate of drug-likeness (QED) is 0.397. The van der Waals surface area contributed by atoms with Crippen molar-refractivity contribution in [2.75, 3.05) is 47.9 Å². The van der Waals surface area contributed by atoms with E-state index < -0.39 is 0 Å². The van der Waals surface area contributed by atoms with Crippen molar-refractivity contribution >= 4 is 35.2 Å². The van der Waals surface area contributed by atoms with Crippen molar-refractivity contribution in [3.63, 3.8) is 0 Å². The Morgan fingerprint density at radius 2 is 1.54 bits per heavy atom. The Morgan fingerprint density at radius 3 is 2.04 bits per heavy atom. The molecule has 3 rings (SSSR count). The Bertz CT molecular complexity index is 547. The molecular formula is C15H24N8S. The third-order valence-corrected chi connectivity index (χ3v) is 4.33. The van der Waals surface area contributed by atoms with Gasteiger partial charge in [-0.1, -0.05) is 6.08 Å². The Hall–Kier alpha value is -2.16. The molecule has 3 heterocycles. The molecule has 24 heavy (non-hydrogen) atoms. The SMILES string of the molecule is C=CCNC(=S)NNc1nc(N2CCCC2)nc(N2CCCC2)n1. The molecule has 3 N–H and O–H groups in total. The van der Waals surface area contributed by atoms with Gasteiger partial charge in [0.1, 0.15) is 0 Å². The summed E-state index contributed by atoms with van der Waals surface area (Å²) in [6, 6.07) is 0. The minimum Gasteiger partial charge on any atom is -0.358 e. The van der Waals surface area contributed by atoms with Gasteiger partial charge < -0.3 is 15.1 Å². The maximum Gasteiger partial charge on any atom is 0.248 e. The van der Waals surface area contributed by atoms with Gasteiger partial charge in [0.15, 0.2) is 5.11 Å². The van der Waals surface area contributed by atoms with Gasteiger partial charge in [0.2, 0.25) is 17.8 Å². The summed E-state index contributed by atoms with van der Waals surface area (Å²) < 4.78 is 0. The topological polar surface area (TPSA) is 81.2 Å². The summed E-state index contributed by atoms with van der Waals surface area (Å²) in [5, 5.41) is 3.46. The van der Waals surface area contributed by atoms with E-state index in [1.807, 2.05) is 0 Å². The van der Waals surface area contributed by atoms with E-state index in [2.05, 4.69) is 47.5 Å². The lowest BCUT2D eigenvalue weighted by atomic mass is 10.4. The molecule has 2 aliphatic heterocycles. The zero-order valence-electron chi connectivity index (χ0n) is 13.8. The Balaban J connectivity index is 1.73. The molecule has 1 aromatic heterocycles. The van der Waals surface area contributed by atoms with Gasteiger partial charge in [0.25, 0.3) is 0 Å². The monoisotopic (exact) mass is 348 g/mol. The maximum absolute atomic E-state index is 5.17. The number of thiocarbonyl (C=S) groups is 1. The predicted molar refractivity (Wildman–Crippen MR) is 100 cm³/mol. The molecule has 2 aliphatic rings. The van der Waals surface area contributed by atoms with Crippen LogP contribution in [-0.4, -0.2) is 52.8 Å². The molecular weight excluding hydrogens is 324 g/mol. The van der Waals surface area contributed by atoms with Crippen molar-refractivity contribution in [2.45, 2.75) is 25.7 Å². The number of rotatable bonds is 6. The second kappa shape index (κ2) is 8.09. The van der Waals surface area contributed by atoms with E-state index in [1.54, 1.807) is 6.08 Å². The van der Waals surface area contributed by atoms with Gasteiger partial charge in [-0.15, -0.1) is 6.58 Å². The van der Waals surface area contributed by atoms with Gasteiger partial charge in [-0.25, -0.2) is 0 Å². The fourth-order valence-corrected chi connectivity index (χ4v) is 2.98. The number of hydrogen-bond acceptors (Lipinski definition) is 7. The first-order valence-electron chi connectivity index (χ1n) is 8.43. The largest absolute Gasteiger partial charge is 0.358 e. The Morgan fingerprint density at radius 1 is 1.00 bits per heavy atom. The molecule has 0 spiro atoms. The molecule has 0 atom stereocenters. The molecule has 8 nitrogen and oxygen atoms in total. The average molecular weight is 348 g/mol. The highest BCUT2D eigenvalue weighted by Gasteiger charge is 2.21. The van der Waals surface area contributed by atoms with E-state index >= 15 is 0 Å². The Labute approximate surface area is 147 Å². The summed E-state index contributed by atoms with van der Waals surface area (Å²) >= 11 is 5.17. The minimum absolute atomic E-state index is 0.473. The van der Waals surface area contributed by atoms with Crippen molar-refractivity contribution in [2.24, 2.45) is 0 Å². The summed E-state index contributed by atoms with van der Waals surface area (Å²) in [5.41, 5.74) is 5.88. The molecule has 1 aromatic rings. The molecule has 0 saturated carbocycles. The average Bonchev–Trinajstić information content (AvgIpc) is 3.31. The first-order chi connectivity index (χ1) is 11.8. The second-order valence-corrected chi connectivity index (χ2v) is 6.30. The second-order valence-electron chi connectivity index (χ2n) is 5.90. The molecule has 9 heteroatoms. The number of nitrogens with zero attached hydrogens (tertiary/aromatic N) is 5. The van der Waals surface area contributed by atoms with Crippen molar-refractivity contribution in [1.82, 2.24) is 25.7 Å². The van der Waals surface area contributed by atoms with Gasteiger partial charge in [-0.05, 0) is 37.9 Å². The predicted octanol–water partition coefficient (Wildman–Crippen LogP) is 1.05. The van der Waals surface area contributed by atoms with Gasteiger partial charge in [0, 0.05) is 32.7 Å². The molecule has 0 unspecified atom stereocenters. The van der Waals surface area contributed by atoms with Crippen LogP contribution in [0.2, 0.25) is 0 Å². The lowest BCUT2D eigenvalue weighted by molar-refractivity contribution is 0.832. The van der Waals surface area contributed by atoms with Crippen LogP contribution in [-0.2, 0) is 0 Å². The van der Waals surface area contributed by atoms with Crippen molar-refractivity contribution < 1.29 is 0 Å². The zero-order valence-corrected chi connectivity index (χ0v) is 14.6. The van der Waals surface area contributed by atoms with Crippen molar-refractivity contribution in [3.05, 3.63) is 12.7 Å². The molecule has 0 radical (unpaired) electrons. The normalized spacial score (nSPS) is 17.0. The summed E-state index contributed by atoms with van der Waals surface area (Å²) in [6.07, 6.45) is 6.47. The fourth-order valence-electron chi connectivity index (χ4n) is 2.85. The molecule has 0 aromatic carbocycles. The number of nitrogens with one attached hydrogen (secondary N) is 3. The molecule has 2 saturated heterocycles. The molecule has 0 amide bonds. The molecule has 2 fully saturated rings. The van der Waals surface area contributed by atoms with Crippen molar-refractivity contribution in [1.29, 1.82) is 0 Å². The molecule has 0 aliphatic carbocycles. The summed E-state index contributed by atoms with van der Waals surface area (Å²) in [4.78, 5) is 18.2. The Kier molecular flexibility index (Phi) is 5.63. The van der Waals surface area contributed by atoms with Gasteiger partial charge in [-0.2, -0.15) is 15.0 Å². The van der Waals surface area contributed by atoms with Crippen LogP contribution in [0.1, 0.15) is 25.7 Å². The van der Waals surface area contributed by atoms with Crippen LogP contribution in [0.15, 0.2) is 12.7 Å². The van der Waals surface area contributed by atoms with Crippen LogP contribution in [0.3, 0.4) is 0 Å². The van der Waals surface area contributed by atoms with Crippen LogP contribution in [0.5, 0.6) is 0 Å². The van der Waals surface area contributed by atoms with Crippen LogP contribution in [0, 0.1) is 0 Å². The first kappa shape index (κ1) is 16.7. The molecule has 130 valence electrons. The number of anilines is 3. The zero-order chi connectivity index (χ0) is 16.8. The standard InChI is InChI=1S/C15H24N8S/c1-2-7-16-15(24)21-20-12-17-13(22-8-3-4-9-22)19-14(18-12)23-10-5-6-11-23/h2H,1,3-11H2,(H2,16,21,24)(H,17,18,19,20). The number of hydrazine groups is 1. The lowest BCUT2D eigenvalue weighted by Crippen LogP contribution is -2.39. The van der Waals surface area contributed by atoms with Crippen LogP contribution < -0.4 is 26.0 Å². The van der Waals surface area contributed by atoms with E-state index in [0.29, 0.717) is 17.6 Å². The van der Waals surface area contributed by atoms with Crippen LogP contribution in [0.25, 0.3) is 0 Å². The fraction of sp³-hybridized carbons (Fsp3) is 0.600. The lowest BCUT2D eigenvalue weighted by Gasteiger charge is -2.21. The third-order valence-electron chi connectivity index (χ3n) is 4.08. The van der Waals surface area contributed by atoms with Crippen LogP contribution in [0.4, 0.5) is 17.8 Å². The van der Waals surface area contributed by atoms with E-state index in [-0.39, 0.29) is 0 Å². The van der Waals surface area contributed by atoms with Crippen molar-refractivity contribution in [3.8, 4) is 0 Å². The number of hydrogen-bond donors (Lipinski definition) is 3. The van der Waals surface area contributed by atoms with Crippen LogP contribution >= 0.6 is 12.2 Å². The maximum atomic E-state index is 5.17. The highest BCUT2D eigenvalue weighted by atomic mass is 32.1. The summed E-state index contributed by atoms with van der Waals surface area (Å²) in [7, 11) is 0.